The standard InChI is InChI=1S/C8H7Cl2NO2/c9-7-3-6(1-2-13-5-12)4-8(10)11-7/h3-5H,1-2H2. The van der Waals surface area contributed by atoms with Crippen LogP contribution in [0.5, 0.6) is 0 Å². The zero-order chi connectivity index (χ0) is 9.68. The summed E-state index contributed by atoms with van der Waals surface area (Å²) in [5.74, 6) is 0. The number of hydrogen-bond acceptors (Lipinski definition) is 3. The smallest absolute Gasteiger partial charge is 0.293 e. The molecule has 0 aliphatic rings. The van der Waals surface area contributed by atoms with Crippen molar-refractivity contribution in [1.82, 2.24) is 4.98 Å². The number of carbonyl (C=O) groups is 1. The minimum atomic E-state index is 0.320. The molecule has 0 aromatic carbocycles. The highest BCUT2D eigenvalue weighted by Gasteiger charge is 1.99. The largest absolute Gasteiger partial charge is 0.468 e. The molecule has 0 aliphatic carbocycles. The molecule has 0 aliphatic heterocycles. The molecular weight excluding hydrogens is 213 g/mol. The van der Waals surface area contributed by atoms with Crippen LogP contribution in [0.15, 0.2) is 12.1 Å². The van der Waals surface area contributed by atoms with E-state index in [0.717, 1.165) is 5.56 Å². The SMILES string of the molecule is O=COCCc1cc(Cl)nc(Cl)c1. The lowest BCUT2D eigenvalue weighted by atomic mass is 10.2. The van der Waals surface area contributed by atoms with Crippen molar-refractivity contribution < 1.29 is 9.53 Å². The van der Waals surface area contributed by atoms with Crippen LogP contribution in [-0.2, 0) is 16.0 Å². The van der Waals surface area contributed by atoms with Gasteiger partial charge >= 0.3 is 0 Å². The van der Waals surface area contributed by atoms with Gasteiger partial charge in [-0.05, 0) is 17.7 Å². The Labute approximate surface area is 85.6 Å². The van der Waals surface area contributed by atoms with E-state index in [9.17, 15) is 4.79 Å². The number of halogens is 2. The highest BCUT2D eigenvalue weighted by molar-refractivity contribution is 6.32. The Bertz CT molecular complexity index is 284. The fraction of sp³-hybridized carbons (Fsp3) is 0.250. The zero-order valence-corrected chi connectivity index (χ0v) is 8.18. The number of aromatic nitrogens is 1. The maximum Gasteiger partial charge on any atom is 0.293 e. The summed E-state index contributed by atoms with van der Waals surface area (Å²) >= 11 is 11.3. The van der Waals surface area contributed by atoms with E-state index in [1.807, 2.05) is 0 Å². The van der Waals surface area contributed by atoms with Crippen molar-refractivity contribution in [3.05, 3.63) is 28.0 Å². The van der Waals surface area contributed by atoms with Gasteiger partial charge in [0.25, 0.3) is 6.47 Å². The average Bonchev–Trinajstić information content (AvgIpc) is 2.03. The predicted molar refractivity (Wildman–Crippen MR) is 50.0 cm³/mol. The maximum absolute atomic E-state index is 9.84. The van der Waals surface area contributed by atoms with E-state index < -0.39 is 0 Å². The van der Waals surface area contributed by atoms with Gasteiger partial charge in [0.05, 0.1) is 6.61 Å². The Hall–Kier alpha value is -0.800. The minimum Gasteiger partial charge on any atom is -0.468 e. The van der Waals surface area contributed by atoms with Crippen LogP contribution in [-0.4, -0.2) is 18.1 Å². The fourth-order valence-corrected chi connectivity index (χ4v) is 1.39. The quantitative estimate of drug-likeness (QED) is 0.443. The summed E-state index contributed by atoms with van der Waals surface area (Å²) < 4.78 is 4.53. The van der Waals surface area contributed by atoms with Crippen LogP contribution in [0.25, 0.3) is 0 Å². The molecule has 0 saturated carbocycles. The van der Waals surface area contributed by atoms with Crippen molar-refractivity contribution >= 4 is 29.7 Å². The van der Waals surface area contributed by atoms with E-state index in [1.165, 1.54) is 0 Å². The van der Waals surface area contributed by atoms with Crippen molar-refractivity contribution in [3.63, 3.8) is 0 Å². The highest BCUT2D eigenvalue weighted by atomic mass is 35.5. The minimum absolute atomic E-state index is 0.320. The summed E-state index contributed by atoms with van der Waals surface area (Å²) in [5.41, 5.74) is 0.895. The lowest BCUT2D eigenvalue weighted by Crippen LogP contribution is -1.97. The molecule has 70 valence electrons. The lowest BCUT2D eigenvalue weighted by Gasteiger charge is -2.01. The predicted octanol–water partition coefficient (Wildman–Crippen LogP) is 2.10. The second-order valence-electron chi connectivity index (χ2n) is 2.34. The first-order valence-corrected chi connectivity index (χ1v) is 4.35. The van der Waals surface area contributed by atoms with Gasteiger partial charge in [-0.3, -0.25) is 4.79 Å². The van der Waals surface area contributed by atoms with Gasteiger partial charge in [0, 0.05) is 6.42 Å². The molecule has 0 spiro atoms. The molecule has 1 heterocycles. The Morgan fingerprint density at radius 2 is 2.00 bits per heavy atom. The molecule has 0 saturated heterocycles. The van der Waals surface area contributed by atoms with Crippen molar-refractivity contribution in [3.8, 4) is 0 Å². The molecule has 0 N–H and O–H groups in total. The summed E-state index contributed by atoms with van der Waals surface area (Å²) in [7, 11) is 0. The summed E-state index contributed by atoms with van der Waals surface area (Å²) in [4.78, 5) is 13.6. The van der Waals surface area contributed by atoms with Gasteiger partial charge in [-0.25, -0.2) is 4.98 Å². The second kappa shape index (κ2) is 5.04. The average molecular weight is 220 g/mol. The third kappa shape index (κ3) is 3.61. The third-order valence-corrected chi connectivity index (χ3v) is 1.79. The number of rotatable bonds is 4. The van der Waals surface area contributed by atoms with Crippen LogP contribution in [0.1, 0.15) is 5.56 Å². The summed E-state index contributed by atoms with van der Waals surface area (Å²) in [6.07, 6.45) is 0.584. The van der Waals surface area contributed by atoms with E-state index in [-0.39, 0.29) is 0 Å². The van der Waals surface area contributed by atoms with Crippen LogP contribution in [0, 0.1) is 0 Å². The molecule has 1 rings (SSSR count). The summed E-state index contributed by atoms with van der Waals surface area (Å²) in [5, 5.41) is 0.683. The maximum atomic E-state index is 9.84. The van der Waals surface area contributed by atoms with Crippen LogP contribution < -0.4 is 0 Å². The van der Waals surface area contributed by atoms with Gasteiger partial charge in [-0.1, -0.05) is 23.2 Å². The first-order valence-electron chi connectivity index (χ1n) is 3.59. The molecule has 0 amide bonds. The normalized spacial score (nSPS) is 9.69. The van der Waals surface area contributed by atoms with Crippen LogP contribution >= 0.6 is 23.2 Å². The number of hydrogen-bond donors (Lipinski definition) is 0. The molecule has 3 nitrogen and oxygen atoms in total. The van der Waals surface area contributed by atoms with Gasteiger partial charge in [-0.2, -0.15) is 0 Å². The first-order chi connectivity index (χ1) is 6.22. The van der Waals surface area contributed by atoms with E-state index in [4.69, 9.17) is 23.2 Å². The number of ether oxygens (including phenoxy) is 1. The Balaban J connectivity index is 2.60. The van der Waals surface area contributed by atoms with Gasteiger partial charge in [-0.15, -0.1) is 0 Å². The van der Waals surface area contributed by atoms with Crippen molar-refractivity contribution in [2.75, 3.05) is 6.61 Å². The summed E-state index contributed by atoms with van der Waals surface area (Å²) in [6, 6.07) is 3.36. The molecule has 0 fully saturated rings. The van der Waals surface area contributed by atoms with Gasteiger partial charge in [0.2, 0.25) is 0 Å². The second-order valence-corrected chi connectivity index (χ2v) is 3.11. The zero-order valence-electron chi connectivity index (χ0n) is 6.67. The molecule has 0 radical (unpaired) electrons. The highest BCUT2D eigenvalue weighted by Crippen LogP contribution is 2.14. The van der Waals surface area contributed by atoms with Crippen molar-refractivity contribution in [2.24, 2.45) is 0 Å². The Kier molecular flexibility index (Phi) is 3.99. The van der Waals surface area contributed by atoms with Crippen LogP contribution in [0.4, 0.5) is 0 Å². The molecular formula is C8H7Cl2NO2. The van der Waals surface area contributed by atoms with Crippen LogP contribution in [0.2, 0.25) is 10.3 Å². The Morgan fingerprint density at radius 3 is 2.54 bits per heavy atom. The van der Waals surface area contributed by atoms with E-state index in [1.54, 1.807) is 12.1 Å². The molecule has 0 unspecified atom stereocenters. The number of pyridine rings is 1. The topological polar surface area (TPSA) is 39.2 Å². The third-order valence-electron chi connectivity index (χ3n) is 1.40. The molecule has 0 atom stereocenters. The van der Waals surface area contributed by atoms with Crippen molar-refractivity contribution in [2.45, 2.75) is 6.42 Å². The van der Waals surface area contributed by atoms with Gasteiger partial charge in [0.15, 0.2) is 0 Å². The molecule has 5 heteroatoms. The van der Waals surface area contributed by atoms with Gasteiger partial charge < -0.3 is 4.74 Å². The molecule has 1 aromatic heterocycles. The van der Waals surface area contributed by atoms with Crippen molar-refractivity contribution in [1.29, 1.82) is 0 Å². The summed E-state index contributed by atoms with van der Waals surface area (Å²) in [6.45, 7) is 0.727. The monoisotopic (exact) mass is 219 g/mol. The van der Waals surface area contributed by atoms with E-state index in [0.29, 0.717) is 29.8 Å². The fourth-order valence-electron chi connectivity index (χ4n) is 0.883. The Morgan fingerprint density at radius 1 is 1.38 bits per heavy atom. The van der Waals surface area contributed by atoms with E-state index >= 15 is 0 Å². The molecule has 0 bridgehead atoms. The van der Waals surface area contributed by atoms with E-state index in [2.05, 4.69) is 9.72 Å². The van der Waals surface area contributed by atoms with Gasteiger partial charge in [0.1, 0.15) is 10.3 Å². The first kappa shape index (κ1) is 10.3. The number of nitrogens with zero attached hydrogens (tertiary/aromatic N) is 1. The lowest BCUT2D eigenvalue weighted by molar-refractivity contribution is -0.128. The molecule has 1 aromatic rings. The number of carbonyl (C=O) groups excluding carboxylic acids is 1. The van der Waals surface area contributed by atoms with Crippen LogP contribution in [0.3, 0.4) is 0 Å². The molecule has 13 heavy (non-hydrogen) atoms.